The number of hydrogen-bond acceptors (Lipinski definition) is 3. The van der Waals surface area contributed by atoms with Crippen LogP contribution in [-0.4, -0.2) is 31.0 Å². The Labute approximate surface area is 145 Å². The fourth-order valence-corrected chi connectivity index (χ4v) is 2.01. The van der Waals surface area contributed by atoms with Gasteiger partial charge in [0.25, 0.3) is 5.91 Å². The van der Waals surface area contributed by atoms with E-state index < -0.39 is 6.10 Å². The molecule has 1 unspecified atom stereocenters. The molecule has 0 saturated carbocycles. The van der Waals surface area contributed by atoms with Crippen LogP contribution in [0.25, 0.3) is 0 Å². The summed E-state index contributed by atoms with van der Waals surface area (Å²) in [6.45, 7) is 12.6. The lowest BCUT2D eigenvalue weighted by Gasteiger charge is -2.20. The first-order valence-electron chi connectivity index (χ1n) is 8.44. The lowest BCUT2D eigenvalue weighted by molar-refractivity contribution is -0.128. The minimum atomic E-state index is -0.591. The smallest absolute Gasteiger partial charge is 0.260 e. The Morgan fingerprint density at radius 2 is 1.46 bits per heavy atom. The summed E-state index contributed by atoms with van der Waals surface area (Å²) in [4.78, 5) is 23.4. The zero-order valence-corrected chi connectivity index (χ0v) is 15.6. The first kappa shape index (κ1) is 20.0. The second kappa shape index (κ2) is 8.71. The summed E-state index contributed by atoms with van der Waals surface area (Å²) < 4.78 is 5.66. The predicted octanol–water partition coefficient (Wildman–Crippen LogP) is 2.64. The van der Waals surface area contributed by atoms with E-state index in [0.717, 1.165) is 0 Å². The Kier molecular flexibility index (Phi) is 7.26. The van der Waals surface area contributed by atoms with Gasteiger partial charge in [0.1, 0.15) is 5.75 Å². The molecule has 5 heteroatoms. The minimum Gasteiger partial charge on any atom is -0.481 e. The molecule has 0 aliphatic rings. The van der Waals surface area contributed by atoms with Crippen LogP contribution in [0.15, 0.2) is 24.3 Å². The fourth-order valence-electron chi connectivity index (χ4n) is 2.01. The number of nitrogens with one attached hydrogen (secondary N) is 2. The number of rotatable bonds is 7. The van der Waals surface area contributed by atoms with Crippen molar-refractivity contribution in [3.05, 3.63) is 29.8 Å². The Hall–Kier alpha value is -2.04. The molecule has 24 heavy (non-hydrogen) atoms. The summed E-state index contributed by atoms with van der Waals surface area (Å²) in [6, 6.07) is 7.79. The van der Waals surface area contributed by atoms with Gasteiger partial charge < -0.3 is 15.4 Å². The van der Waals surface area contributed by atoms with Gasteiger partial charge in [-0.25, -0.2) is 0 Å². The summed E-state index contributed by atoms with van der Waals surface area (Å²) in [5.41, 5.74) is 1.30. The topological polar surface area (TPSA) is 67.4 Å². The molecule has 2 amide bonds. The normalized spacial score (nSPS) is 12.6. The second-order valence-corrected chi connectivity index (χ2v) is 7.27. The second-order valence-electron chi connectivity index (χ2n) is 7.27. The Morgan fingerprint density at radius 1 is 0.958 bits per heavy atom. The average Bonchev–Trinajstić information content (AvgIpc) is 2.50. The van der Waals surface area contributed by atoms with Gasteiger partial charge in [-0.15, -0.1) is 0 Å². The molecule has 0 fully saturated rings. The molecule has 0 spiro atoms. The maximum atomic E-state index is 12.0. The lowest BCUT2D eigenvalue weighted by atomic mass is 9.87. The molecule has 1 atom stereocenters. The minimum absolute atomic E-state index is 0.0208. The standard InChI is InChI=1S/C19H30N2O3/c1-13(2)17(22)20-11-12-21-18(23)14(3)24-16-9-7-15(8-10-16)19(4,5)6/h7-10,13-14H,11-12H2,1-6H3,(H,20,22)(H,21,23). The van der Waals surface area contributed by atoms with Crippen molar-refractivity contribution in [2.24, 2.45) is 5.92 Å². The van der Waals surface area contributed by atoms with E-state index in [-0.39, 0.29) is 23.1 Å². The molecule has 1 rings (SSSR count). The van der Waals surface area contributed by atoms with Crippen LogP contribution in [0.3, 0.4) is 0 Å². The van der Waals surface area contributed by atoms with Crippen molar-refractivity contribution in [2.75, 3.05) is 13.1 Å². The molecular weight excluding hydrogens is 304 g/mol. The van der Waals surface area contributed by atoms with Gasteiger partial charge in [-0.1, -0.05) is 46.8 Å². The number of carbonyl (C=O) groups excluding carboxylic acids is 2. The van der Waals surface area contributed by atoms with Crippen LogP contribution in [0.2, 0.25) is 0 Å². The highest BCUT2D eigenvalue weighted by atomic mass is 16.5. The predicted molar refractivity (Wildman–Crippen MR) is 96.1 cm³/mol. The summed E-state index contributed by atoms with van der Waals surface area (Å²) in [5, 5.41) is 5.51. The largest absolute Gasteiger partial charge is 0.481 e. The Balaban J connectivity index is 2.40. The maximum absolute atomic E-state index is 12.0. The molecule has 0 heterocycles. The SMILES string of the molecule is CC(C)C(=O)NCCNC(=O)C(C)Oc1ccc(C(C)(C)C)cc1. The molecule has 5 nitrogen and oxygen atoms in total. The van der Waals surface area contributed by atoms with Crippen LogP contribution < -0.4 is 15.4 Å². The molecule has 0 aliphatic carbocycles. The van der Waals surface area contributed by atoms with E-state index in [9.17, 15) is 9.59 Å². The molecule has 0 aromatic heterocycles. The van der Waals surface area contributed by atoms with Gasteiger partial charge in [-0.05, 0) is 30.0 Å². The summed E-state index contributed by atoms with van der Waals surface area (Å²) in [6.07, 6.45) is -0.591. The highest BCUT2D eigenvalue weighted by molar-refractivity contribution is 5.81. The Bertz CT molecular complexity index is 545. The van der Waals surface area contributed by atoms with Crippen molar-refractivity contribution >= 4 is 11.8 Å². The summed E-state index contributed by atoms with van der Waals surface area (Å²) >= 11 is 0. The molecule has 0 saturated heterocycles. The van der Waals surface area contributed by atoms with E-state index in [1.165, 1.54) is 5.56 Å². The monoisotopic (exact) mass is 334 g/mol. The van der Waals surface area contributed by atoms with Crippen LogP contribution in [-0.2, 0) is 15.0 Å². The third kappa shape index (κ3) is 6.60. The van der Waals surface area contributed by atoms with Gasteiger partial charge in [0.05, 0.1) is 0 Å². The van der Waals surface area contributed by atoms with Crippen molar-refractivity contribution in [1.82, 2.24) is 10.6 Å². The molecule has 0 radical (unpaired) electrons. The molecule has 1 aromatic carbocycles. The zero-order valence-electron chi connectivity index (χ0n) is 15.6. The number of ether oxygens (including phenoxy) is 1. The van der Waals surface area contributed by atoms with Crippen molar-refractivity contribution in [3.63, 3.8) is 0 Å². The highest BCUT2D eigenvalue weighted by Crippen LogP contribution is 2.24. The van der Waals surface area contributed by atoms with E-state index in [2.05, 4.69) is 31.4 Å². The molecular formula is C19H30N2O3. The first-order chi connectivity index (χ1) is 11.1. The first-order valence-corrected chi connectivity index (χ1v) is 8.44. The third-order valence-electron chi connectivity index (χ3n) is 3.65. The molecule has 0 bridgehead atoms. The molecule has 134 valence electrons. The van der Waals surface area contributed by atoms with Crippen LogP contribution in [0, 0.1) is 5.92 Å². The number of benzene rings is 1. The van der Waals surface area contributed by atoms with Crippen molar-refractivity contribution < 1.29 is 14.3 Å². The summed E-state index contributed by atoms with van der Waals surface area (Å²) in [7, 11) is 0. The van der Waals surface area contributed by atoms with Crippen LogP contribution >= 0.6 is 0 Å². The van der Waals surface area contributed by atoms with Crippen LogP contribution in [0.4, 0.5) is 0 Å². The van der Waals surface area contributed by atoms with Gasteiger partial charge in [-0.2, -0.15) is 0 Å². The van der Waals surface area contributed by atoms with E-state index >= 15 is 0 Å². The van der Waals surface area contributed by atoms with E-state index in [1.54, 1.807) is 6.92 Å². The van der Waals surface area contributed by atoms with Crippen molar-refractivity contribution in [2.45, 2.75) is 53.1 Å². The quantitative estimate of drug-likeness (QED) is 0.753. The highest BCUT2D eigenvalue weighted by Gasteiger charge is 2.16. The average molecular weight is 334 g/mol. The fraction of sp³-hybridized carbons (Fsp3) is 0.579. The molecule has 1 aromatic rings. The van der Waals surface area contributed by atoms with E-state index in [4.69, 9.17) is 4.74 Å². The third-order valence-corrected chi connectivity index (χ3v) is 3.65. The van der Waals surface area contributed by atoms with Gasteiger partial charge in [0, 0.05) is 19.0 Å². The maximum Gasteiger partial charge on any atom is 0.260 e. The zero-order chi connectivity index (χ0) is 18.3. The Morgan fingerprint density at radius 3 is 1.92 bits per heavy atom. The van der Waals surface area contributed by atoms with Crippen molar-refractivity contribution in [3.8, 4) is 5.75 Å². The van der Waals surface area contributed by atoms with Crippen LogP contribution in [0.5, 0.6) is 5.75 Å². The molecule has 2 N–H and O–H groups in total. The van der Waals surface area contributed by atoms with E-state index in [1.807, 2.05) is 38.1 Å². The number of carbonyl (C=O) groups is 2. The number of amides is 2. The van der Waals surface area contributed by atoms with Gasteiger partial charge >= 0.3 is 0 Å². The lowest BCUT2D eigenvalue weighted by Crippen LogP contribution is -2.41. The van der Waals surface area contributed by atoms with E-state index in [0.29, 0.717) is 18.8 Å². The van der Waals surface area contributed by atoms with Crippen LogP contribution in [0.1, 0.15) is 47.1 Å². The number of hydrogen-bond donors (Lipinski definition) is 2. The summed E-state index contributed by atoms with van der Waals surface area (Å²) in [5.74, 6) is 0.388. The van der Waals surface area contributed by atoms with Gasteiger partial charge in [-0.3, -0.25) is 9.59 Å². The van der Waals surface area contributed by atoms with Gasteiger partial charge in [0.15, 0.2) is 6.10 Å². The van der Waals surface area contributed by atoms with Crippen molar-refractivity contribution in [1.29, 1.82) is 0 Å². The van der Waals surface area contributed by atoms with Gasteiger partial charge in [0.2, 0.25) is 5.91 Å². The molecule has 0 aliphatic heterocycles.